The molecule has 1 N–H and O–H groups in total. The van der Waals surface area contributed by atoms with Crippen LogP contribution in [-0.4, -0.2) is 35.4 Å². The van der Waals surface area contributed by atoms with Crippen molar-refractivity contribution in [3.8, 4) is 0 Å². The van der Waals surface area contributed by atoms with Crippen molar-refractivity contribution in [3.63, 3.8) is 0 Å². The lowest BCUT2D eigenvalue weighted by Crippen LogP contribution is -2.45. The summed E-state index contributed by atoms with van der Waals surface area (Å²) in [5, 5.41) is 14.8. The van der Waals surface area contributed by atoms with Crippen molar-refractivity contribution in [2.75, 3.05) is 18.0 Å². The number of anilines is 1. The molecule has 4 heteroatoms. The smallest absolute Gasteiger partial charge is 0.159 e. The molecule has 0 radical (unpaired) electrons. The third-order valence-electron chi connectivity index (χ3n) is 4.64. The van der Waals surface area contributed by atoms with Crippen LogP contribution in [-0.2, 0) is 0 Å². The van der Waals surface area contributed by atoms with Gasteiger partial charge in [-0.1, -0.05) is 30.7 Å². The van der Waals surface area contributed by atoms with E-state index in [4.69, 9.17) is 0 Å². The summed E-state index contributed by atoms with van der Waals surface area (Å²) in [4.78, 5) is 2.50. The lowest BCUT2D eigenvalue weighted by molar-refractivity contribution is 0.397. The van der Waals surface area contributed by atoms with Gasteiger partial charge < -0.3 is 10.2 Å². The molecule has 1 atom stereocenters. The quantitative estimate of drug-likeness (QED) is 0.936. The van der Waals surface area contributed by atoms with E-state index in [1.54, 1.807) is 0 Å². The van der Waals surface area contributed by atoms with Crippen LogP contribution in [0.15, 0.2) is 30.5 Å². The van der Waals surface area contributed by atoms with E-state index in [1.807, 2.05) is 6.20 Å². The molecular formula is C17H22N4. The first-order chi connectivity index (χ1) is 10.4. The van der Waals surface area contributed by atoms with Crippen LogP contribution in [0.1, 0.15) is 32.1 Å². The summed E-state index contributed by atoms with van der Waals surface area (Å²) in [5.41, 5.74) is 0. The highest BCUT2D eigenvalue weighted by Crippen LogP contribution is 2.34. The number of nitrogens with zero attached hydrogens (tertiary/aromatic N) is 3. The van der Waals surface area contributed by atoms with Gasteiger partial charge in [0.15, 0.2) is 5.82 Å². The third-order valence-corrected chi connectivity index (χ3v) is 4.64. The normalized spacial score (nSPS) is 22.4. The molecule has 21 heavy (non-hydrogen) atoms. The zero-order valence-electron chi connectivity index (χ0n) is 12.3. The minimum atomic E-state index is 0.597. The average Bonchev–Trinajstić information content (AvgIpc) is 3.38. The molecule has 2 aliphatic rings. The maximum Gasteiger partial charge on any atom is 0.159 e. The van der Waals surface area contributed by atoms with E-state index in [9.17, 15) is 0 Å². The van der Waals surface area contributed by atoms with Gasteiger partial charge in [-0.05, 0) is 32.2 Å². The van der Waals surface area contributed by atoms with Gasteiger partial charge in [-0.2, -0.15) is 5.10 Å². The van der Waals surface area contributed by atoms with Gasteiger partial charge in [-0.15, -0.1) is 5.10 Å². The van der Waals surface area contributed by atoms with Crippen molar-refractivity contribution in [3.05, 3.63) is 30.5 Å². The zero-order chi connectivity index (χ0) is 14.1. The summed E-state index contributed by atoms with van der Waals surface area (Å²) in [5.74, 6) is 1.07. The second-order valence-corrected chi connectivity index (χ2v) is 6.29. The Balaban J connectivity index is 1.65. The van der Waals surface area contributed by atoms with Gasteiger partial charge in [0.1, 0.15) is 0 Å². The number of fused-ring (bicyclic) bond motifs is 1. The predicted octanol–water partition coefficient (Wildman–Crippen LogP) is 2.74. The summed E-state index contributed by atoms with van der Waals surface area (Å²) < 4.78 is 0. The molecule has 1 aliphatic heterocycles. The van der Waals surface area contributed by atoms with E-state index < -0.39 is 0 Å². The monoisotopic (exact) mass is 282 g/mol. The Bertz CT molecular complexity index is 612. The summed E-state index contributed by atoms with van der Waals surface area (Å²) >= 11 is 0. The topological polar surface area (TPSA) is 41.0 Å². The molecule has 0 bridgehead atoms. The van der Waals surface area contributed by atoms with Crippen molar-refractivity contribution < 1.29 is 0 Å². The van der Waals surface area contributed by atoms with Crippen molar-refractivity contribution >= 4 is 16.6 Å². The minimum absolute atomic E-state index is 0.597. The minimum Gasteiger partial charge on any atom is -0.350 e. The van der Waals surface area contributed by atoms with Crippen LogP contribution < -0.4 is 10.2 Å². The fourth-order valence-corrected chi connectivity index (χ4v) is 3.34. The molecule has 1 aromatic carbocycles. The van der Waals surface area contributed by atoms with Crippen molar-refractivity contribution in [1.82, 2.24) is 15.5 Å². The first-order valence-electron chi connectivity index (χ1n) is 8.12. The molecule has 2 heterocycles. The van der Waals surface area contributed by atoms with E-state index in [0.717, 1.165) is 18.9 Å². The van der Waals surface area contributed by atoms with Gasteiger partial charge in [0, 0.05) is 29.4 Å². The molecule has 1 aromatic heterocycles. The molecule has 0 amide bonds. The Labute approximate surface area is 125 Å². The third kappa shape index (κ3) is 2.72. The fourth-order valence-electron chi connectivity index (χ4n) is 3.34. The molecule has 4 nitrogen and oxygen atoms in total. The van der Waals surface area contributed by atoms with Gasteiger partial charge in [-0.25, -0.2) is 0 Å². The van der Waals surface area contributed by atoms with Crippen LogP contribution in [0, 0.1) is 0 Å². The molecule has 110 valence electrons. The molecule has 1 saturated heterocycles. The Morgan fingerprint density at radius 3 is 2.86 bits per heavy atom. The highest BCUT2D eigenvalue weighted by Gasteiger charge is 2.33. The first kappa shape index (κ1) is 13.0. The van der Waals surface area contributed by atoms with Crippen LogP contribution >= 0.6 is 0 Å². The Kier molecular flexibility index (Phi) is 3.47. The summed E-state index contributed by atoms with van der Waals surface area (Å²) in [6.07, 6.45) is 8.38. The zero-order valence-corrected chi connectivity index (χ0v) is 12.3. The summed E-state index contributed by atoms with van der Waals surface area (Å²) in [7, 11) is 0. The number of benzene rings is 1. The van der Waals surface area contributed by atoms with E-state index in [1.165, 1.54) is 42.9 Å². The number of nitrogens with one attached hydrogen (secondary N) is 1. The Morgan fingerprint density at radius 2 is 2.05 bits per heavy atom. The second-order valence-electron chi connectivity index (χ2n) is 6.29. The van der Waals surface area contributed by atoms with Crippen LogP contribution in [0.25, 0.3) is 10.8 Å². The molecule has 2 fully saturated rings. The fraction of sp³-hybridized carbons (Fsp3) is 0.529. The summed E-state index contributed by atoms with van der Waals surface area (Å²) in [6, 6.07) is 9.71. The second kappa shape index (κ2) is 5.60. The van der Waals surface area contributed by atoms with E-state index in [-0.39, 0.29) is 0 Å². The van der Waals surface area contributed by atoms with E-state index in [2.05, 4.69) is 44.7 Å². The molecule has 0 spiro atoms. The lowest BCUT2D eigenvalue weighted by Gasteiger charge is -2.31. The predicted molar refractivity (Wildman–Crippen MR) is 85.5 cm³/mol. The van der Waals surface area contributed by atoms with Crippen molar-refractivity contribution in [2.24, 2.45) is 0 Å². The highest BCUT2D eigenvalue weighted by atomic mass is 15.3. The highest BCUT2D eigenvalue weighted by molar-refractivity contribution is 5.91. The lowest BCUT2D eigenvalue weighted by atomic mass is 10.0. The Hall–Kier alpha value is -1.68. The molecule has 2 aromatic rings. The van der Waals surface area contributed by atoms with Crippen LogP contribution in [0.3, 0.4) is 0 Å². The number of rotatable bonds is 4. The largest absolute Gasteiger partial charge is 0.350 e. The molecule has 1 aliphatic carbocycles. The SMILES string of the molecule is c1ccc2c(N(CC3CCCCN3)C3CC3)nncc2c1. The maximum atomic E-state index is 4.48. The standard InChI is InChI=1S/C17H22N4/c1-2-7-16-13(5-1)11-19-20-17(16)21(15-8-9-15)12-14-6-3-4-10-18-14/h1-2,5,7,11,14-15,18H,3-4,6,8-10,12H2. The molecular weight excluding hydrogens is 260 g/mol. The number of hydrogen-bond donors (Lipinski definition) is 1. The summed E-state index contributed by atoms with van der Waals surface area (Å²) in [6.45, 7) is 2.22. The van der Waals surface area contributed by atoms with Gasteiger partial charge in [0.2, 0.25) is 0 Å². The van der Waals surface area contributed by atoms with Crippen LogP contribution in [0.4, 0.5) is 5.82 Å². The van der Waals surface area contributed by atoms with E-state index in [0.29, 0.717) is 12.1 Å². The molecule has 1 unspecified atom stereocenters. The van der Waals surface area contributed by atoms with Crippen molar-refractivity contribution in [1.29, 1.82) is 0 Å². The van der Waals surface area contributed by atoms with Gasteiger partial charge in [0.05, 0.1) is 6.20 Å². The first-order valence-corrected chi connectivity index (χ1v) is 8.12. The van der Waals surface area contributed by atoms with Crippen LogP contribution in [0.2, 0.25) is 0 Å². The maximum absolute atomic E-state index is 4.48. The Morgan fingerprint density at radius 1 is 1.14 bits per heavy atom. The van der Waals surface area contributed by atoms with Gasteiger partial charge in [-0.3, -0.25) is 0 Å². The number of aromatic nitrogens is 2. The van der Waals surface area contributed by atoms with Crippen molar-refractivity contribution in [2.45, 2.75) is 44.2 Å². The molecule has 4 rings (SSSR count). The van der Waals surface area contributed by atoms with Gasteiger partial charge >= 0.3 is 0 Å². The van der Waals surface area contributed by atoms with E-state index >= 15 is 0 Å². The average molecular weight is 282 g/mol. The van der Waals surface area contributed by atoms with Gasteiger partial charge in [0.25, 0.3) is 0 Å². The van der Waals surface area contributed by atoms with Crippen LogP contribution in [0.5, 0.6) is 0 Å². The number of piperidine rings is 1. The number of hydrogen-bond acceptors (Lipinski definition) is 4. The molecule has 1 saturated carbocycles.